The topological polar surface area (TPSA) is 46.9 Å². The van der Waals surface area contributed by atoms with Crippen molar-refractivity contribution in [2.24, 2.45) is 7.05 Å². The fourth-order valence-electron chi connectivity index (χ4n) is 2.60. The molecule has 1 amide bonds. The molecule has 0 unspecified atom stereocenters. The third kappa shape index (κ3) is 2.46. The van der Waals surface area contributed by atoms with Crippen LogP contribution in [0.5, 0.6) is 0 Å². The van der Waals surface area contributed by atoms with Gasteiger partial charge in [0.1, 0.15) is 17.5 Å². The zero-order valence-corrected chi connectivity index (χ0v) is 12.9. The van der Waals surface area contributed by atoms with Gasteiger partial charge in [-0.05, 0) is 36.8 Å². The van der Waals surface area contributed by atoms with E-state index in [0.29, 0.717) is 5.52 Å². The number of nitrogens with one attached hydrogen (secondary N) is 1. The molecule has 4 nitrogen and oxygen atoms in total. The quantitative estimate of drug-likeness (QED) is 0.789. The number of carbonyl (C=O) groups is 1. The summed E-state index contributed by atoms with van der Waals surface area (Å²) in [5.41, 5.74) is 2.14. The summed E-state index contributed by atoms with van der Waals surface area (Å²) in [7, 11) is 3.10. The minimum absolute atomic E-state index is 0.0686. The molecule has 23 heavy (non-hydrogen) atoms. The van der Waals surface area contributed by atoms with Crippen LogP contribution < -0.4 is 5.32 Å². The van der Waals surface area contributed by atoms with Crippen LogP contribution in [0.1, 0.15) is 15.9 Å². The SMILES string of the molecule is CNC(=O)c1cc(F)c(-c2nc3cc(C)ccc3n2C)c(F)c1. The maximum absolute atomic E-state index is 14.4. The molecule has 0 saturated heterocycles. The molecule has 0 aliphatic rings. The third-order valence-electron chi connectivity index (χ3n) is 3.79. The van der Waals surface area contributed by atoms with Gasteiger partial charge in [0.05, 0.1) is 16.6 Å². The minimum atomic E-state index is -0.821. The van der Waals surface area contributed by atoms with Crippen molar-refractivity contribution >= 4 is 16.9 Å². The Labute approximate surface area is 131 Å². The molecule has 118 valence electrons. The summed E-state index contributed by atoms with van der Waals surface area (Å²) in [4.78, 5) is 15.9. The molecule has 0 fully saturated rings. The Hall–Kier alpha value is -2.76. The number of hydrogen-bond donors (Lipinski definition) is 1. The second-order valence-electron chi connectivity index (χ2n) is 5.38. The second kappa shape index (κ2) is 5.46. The monoisotopic (exact) mass is 315 g/mol. The average Bonchev–Trinajstić information content (AvgIpc) is 2.82. The Morgan fingerprint density at radius 2 is 1.83 bits per heavy atom. The molecular weight excluding hydrogens is 300 g/mol. The molecular formula is C17H15F2N3O. The molecule has 6 heteroatoms. The molecule has 1 heterocycles. The second-order valence-corrected chi connectivity index (χ2v) is 5.38. The number of imidazole rings is 1. The van der Waals surface area contributed by atoms with Gasteiger partial charge in [-0.15, -0.1) is 0 Å². The first-order chi connectivity index (χ1) is 10.9. The molecule has 0 atom stereocenters. The van der Waals surface area contributed by atoms with E-state index in [1.165, 1.54) is 7.05 Å². The first-order valence-corrected chi connectivity index (χ1v) is 7.07. The Bertz CT molecular complexity index is 908. The summed E-state index contributed by atoms with van der Waals surface area (Å²) in [6, 6.07) is 7.66. The zero-order chi connectivity index (χ0) is 16.7. The van der Waals surface area contributed by atoms with Crippen LogP contribution in [0.25, 0.3) is 22.4 Å². The average molecular weight is 315 g/mol. The molecule has 3 aromatic rings. The summed E-state index contributed by atoms with van der Waals surface area (Å²) in [6.07, 6.45) is 0. The van der Waals surface area contributed by atoms with Crippen molar-refractivity contribution in [3.05, 3.63) is 53.1 Å². The molecule has 0 radical (unpaired) electrons. The van der Waals surface area contributed by atoms with Crippen molar-refractivity contribution in [1.82, 2.24) is 14.9 Å². The van der Waals surface area contributed by atoms with Crippen LogP contribution in [-0.2, 0) is 7.05 Å². The van der Waals surface area contributed by atoms with Gasteiger partial charge in [-0.25, -0.2) is 13.8 Å². The number of nitrogens with zero attached hydrogens (tertiary/aromatic N) is 2. The number of hydrogen-bond acceptors (Lipinski definition) is 2. The highest BCUT2D eigenvalue weighted by Crippen LogP contribution is 2.29. The van der Waals surface area contributed by atoms with Gasteiger partial charge in [-0.3, -0.25) is 4.79 Å². The van der Waals surface area contributed by atoms with Gasteiger partial charge >= 0.3 is 0 Å². The molecule has 2 aromatic carbocycles. The minimum Gasteiger partial charge on any atom is -0.355 e. The van der Waals surface area contributed by atoms with Crippen LogP contribution in [0.4, 0.5) is 8.78 Å². The highest BCUT2D eigenvalue weighted by Gasteiger charge is 2.20. The van der Waals surface area contributed by atoms with Crippen molar-refractivity contribution in [2.45, 2.75) is 6.92 Å². The van der Waals surface area contributed by atoms with E-state index >= 15 is 0 Å². The lowest BCUT2D eigenvalue weighted by atomic mass is 10.1. The third-order valence-corrected chi connectivity index (χ3v) is 3.79. The van der Waals surface area contributed by atoms with Gasteiger partial charge in [0.15, 0.2) is 0 Å². The Morgan fingerprint density at radius 3 is 2.43 bits per heavy atom. The highest BCUT2D eigenvalue weighted by molar-refractivity contribution is 5.94. The number of halogens is 2. The summed E-state index contributed by atoms with van der Waals surface area (Å²) in [5, 5.41) is 2.34. The van der Waals surface area contributed by atoms with Gasteiger partial charge in [-0.1, -0.05) is 6.07 Å². The Balaban J connectivity index is 2.23. The molecule has 0 bridgehead atoms. The van der Waals surface area contributed by atoms with Crippen molar-refractivity contribution in [2.75, 3.05) is 7.05 Å². The van der Waals surface area contributed by atoms with E-state index in [1.807, 2.05) is 25.1 Å². The van der Waals surface area contributed by atoms with Crippen LogP contribution in [0.3, 0.4) is 0 Å². The van der Waals surface area contributed by atoms with Gasteiger partial charge in [-0.2, -0.15) is 0 Å². The van der Waals surface area contributed by atoms with E-state index in [2.05, 4.69) is 10.3 Å². The summed E-state index contributed by atoms with van der Waals surface area (Å²) in [5.74, 6) is -2.00. The van der Waals surface area contributed by atoms with Crippen molar-refractivity contribution in [3.8, 4) is 11.4 Å². The summed E-state index contributed by atoms with van der Waals surface area (Å²) >= 11 is 0. The number of amides is 1. The summed E-state index contributed by atoms with van der Waals surface area (Å²) < 4.78 is 30.5. The standard InChI is InChI=1S/C17H15F2N3O/c1-9-4-5-14-13(6-9)21-16(22(14)3)15-11(18)7-10(8-12(15)19)17(23)20-2/h4-8H,1-3H3,(H,20,23). The first kappa shape index (κ1) is 15.1. The van der Waals surface area contributed by atoms with E-state index in [1.54, 1.807) is 11.6 Å². The normalized spacial score (nSPS) is 11.0. The van der Waals surface area contributed by atoms with Crippen LogP contribution in [0.15, 0.2) is 30.3 Å². The van der Waals surface area contributed by atoms with Gasteiger partial charge < -0.3 is 9.88 Å². The number of aromatic nitrogens is 2. The molecule has 3 rings (SSSR count). The van der Waals surface area contributed by atoms with Crippen LogP contribution >= 0.6 is 0 Å². The molecule has 1 aromatic heterocycles. The number of fused-ring (bicyclic) bond motifs is 1. The highest BCUT2D eigenvalue weighted by atomic mass is 19.1. The van der Waals surface area contributed by atoms with Gasteiger partial charge in [0.25, 0.3) is 5.91 Å². The van der Waals surface area contributed by atoms with Crippen molar-refractivity contribution in [1.29, 1.82) is 0 Å². The van der Waals surface area contributed by atoms with Crippen LogP contribution in [-0.4, -0.2) is 22.5 Å². The number of benzene rings is 2. The molecule has 1 N–H and O–H groups in total. The fourth-order valence-corrected chi connectivity index (χ4v) is 2.60. The van der Waals surface area contributed by atoms with E-state index in [0.717, 1.165) is 23.2 Å². The van der Waals surface area contributed by atoms with Crippen LogP contribution in [0.2, 0.25) is 0 Å². The maximum atomic E-state index is 14.4. The smallest absolute Gasteiger partial charge is 0.251 e. The Morgan fingerprint density at radius 1 is 1.17 bits per heavy atom. The molecule has 0 spiro atoms. The molecule has 0 saturated carbocycles. The van der Waals surface area contributed by atoms with Crippen LogP contribution in [0, 0.1) is 18.6 Å². The number of aryl methyl sites for hydroxylation is 2. The number of rotatable bonds is 2. The summed E-state index contributed by atoms with van der Waals surface area (Å²) in [6.45, 7) is 1.92. The number of carbonyl (C=O) groups excluding carboxylic acids is 1. The van der Waals surface area contributed by atoms with E-state index in [-0.39, 0.29) is 17.0 Å². The molecule has 0 aliphatic carbocycles. The van der Waals surface area contributed by atoms with E-state index in [4.69, 9.17) is 0 Å². The lowest BCUT2D eigenvalue weighted by Gasteiger charge is -2.08. The van der Waals surface area contributed by atoms with Crippen molar-refractivity contribution < 1.29 is 13.6 Å². The molecule has 0 aliphatic heterocycles. The lowest BCUT2D eigenvalue weighted by molar-refractivity contribution is 0.0962. The fraction of sp³-hybridized carbons (Fsp3) is 0.176. The zero-order valence-electron chi connectivity index (χ0n) is 12.9. The lowest BCUT2D eigenvalue weighted by Crippen LogP contribution is -2.18. The van der Waals surface area contributed by atoms with Gasteiger partial charge in [0, 0.05) is 19.7 Å². The maximum Gasteiger partial charge on any atom is 0.251 e. The van der Waals surface area contributed by atoms with E-state index in [9.17, 15) is 13.6 Å². The predicted molar refractivity (Wildman–Crippen MR) is 84.2 cm³/mol. The van der Waals surface area contributed by atoms with Gasteiger partial charge in [0.2, 0.25) is 0 Å². The predicted octanol–water partition coefficient (Wildman–Crippen LogP) is 3.19. The van der Waals surface area contributed by atoms with E-state index < -0.39 is 17.5 Å². The largest absolute Gasteiger partial charge is 0.355 e. The van der Waals surface area contributed by atoms with Crippen molar-refractivity contribution in [3.63, 3.8) is 0 Å². The first-order valence-electron chi connectivity index (χ1n) is 7.07. The Kier molecular flexibility index (Phi) is 3.60.